The Balaban J connectivity index is 0.00000283. The van der Waals surface area contributed by atoms with Crippen molar-refractivity contribution in [3.8, 4) is 68.2 Å². The first-order chi connectivity index (χ1) is 27.3. The molecule has 16 nitrogen and oxygen atoms in total. The summed E-state index contributed by atoms with van der Waals surface area (Å²) >= 11 is 0. The number of rotatable bonds is 11. The van der Waals surface area contributed by atoms with Crippen LogP contribution < -0.4 is 43.9 Å². The Kier molecular flexibility index (Phi) is 11.8. The quantitative estimate of drug-likeness (QED) is 0.100. The lowest BCUT2D eigenvalue weighted by Gasteiger charge is -2.11. The number of aromatic nitrogens is 8. The summed E-state index contributed by atoms with van der Waals surface area (Å²) in [5.41, 5.74) is 5.35. The van der Waals surface area contributed by atoms with Gasteiger partial charge in [0.15, 0.2) is 16.7 Å². The van der Waals surface area contributed by atoms with E-state index in [-0.39, 0.29) is 36.2 Å². The van der Waals surface area contributed by atoms with Crippen molar-refractivity contribution in [3.63, 3.8) is 0 Å². The van der Waals surface area contributed by atoms with Crippen molar-refractivity contribution in [2.24, 2.45) is 0 Å². The second-order valence-corrected chi connectivity index (χ2v) is 12.3. The lowest BCUT2D eigenvalue weighted by atomic mass is 10.0. The van der Waals surface area contributed by atoms with Crippen molar-refractivity contribution in [1.29, 1.82) is 0 Å². The number of tetrazole rings is 2. The van der Waals surface area contributed by atoms with Gasteiger partial charge in [0, 0.05) is 29.1 Å². The normalized spacial score (nSPS) is 10.6. The number of methoxy groups -OCH3 is 2. The first-order valence-corrected chi connectivity index (χ1v) is 17.1. The molecule has 0 radical (unpaired) electrons. The molecule has 0 fully saturated rings. The Morgan fingerprint density at radius 3 is 1.55 bits per heavy atom. The first-order valence-electron chi connectivity index (χ1n) is 17.1. The first kappa shape index (κ1) is 40.1. The zero-order valence-electron chi connectivity index (χ0n) is 30.5. The van der Waals surface area contributed by atoms with E-state index in [9.17, 15) is 20.2 Å². The van der Waals surface area contributed by atoms with Gasteiger partial charge in [-0.15, -0.1) is 4.68 Å². The highest BCUT2D eigenvalue weighted by Crippen LogP contribution is 2.32. The third-order valence-corrected chi connectivity index (χ3v) is 8.96. The summed E-state index contributed by atoms with van der Waals surface area (Å²) < 4.78 is 13.6. The molecule has 0 atom stereocenters. The maximum atomic E-state index is 11.4. The van der Waals surface area contributed by atoms with E-state index in [4.69, 9.17) is 19.7 Å². The van der Waals surface area contributed by atoms with Gasteiger partial charge in [0.05, 0.1) is 51.1 Å². The van der Waals surface area contributed by atoms with Crippen LogP contribution in [0.4, 0.5) is 11.4 Å². The molecule has 6 aromatic carbocycles. The minimum absolute atomic E-state index is 0. The van der Waals surface area contributed by atoms with E-state index < -0.39 is 9.85 Å². The summed E-state index contributed by atoms with van der Waals surface area (Å²) in [5, 5.41) is 41.4. The van der Waals surface area contributed by atoms with E-state index in [1.54, 1.807) is 57.6 Å². The van der Waals surface area contributed by atoms with Crippen LogP contribution in [0.15, 0.2) is 146 Å². The highest BCUT2D eigenvalue weighted by molar-refractivity contribution is 5.70. The fourth-order valence-corrected chi connectivity index (χ4v) is 6.19. The van der Waals surface area contributed by atoms with E-state index >= 15 is 0 Å². The molecule has 8 aromatic rings. The standard InChI is InChI=1S/C40H30N10O6.2ClH/c1-55-37-25-29(13-23-35(37)47-43-39(27-9-5-3-6-10-27)42-46(47)32-17-21-34(22-18-32)50(53)54)30-14-24-36(38(26-30)56-2)48-44-41-40(28-11-7-4-8-12-28)45(48)31-15-19-33(20-16-31)49(51)52;;/h3-26H,1-2H3;2*1H/q+2;;/p-2. The van der Waals surface area contributed by atoms with Crippen molar-refractivity contribution in [2.75, 3.05) is 14.2 Å². The lowest BCUT2D eigenvalue weighted by molar-refractivity contribution is -0.734. The molecular weight excluding hydrogens is 787 g/mol. The predicted molar refractivity (Wildman–Crippen MR) is 202 cm³/mol. The van der Waals surface area contributed by atoms with Gasteiger partial charge < -0.3 is 34.3 Å². The fraction of sp³-hybridized carbons (Fsp3) is 0.0500. The number of nitro benzene ring substituents is 2. The van der Waals surface area contributed by atoms with Crippen LogP contribution in [-0.4, -0.2) is 54.1 Å². The summed E-state index contributed by atoms with van der Waals surface area (Å²) in [6.07, 6.45) is 0. The molecule has 0 N–H and O–H groups in total. The number of ether oxygens (including phenoxy) is 2. The molecule has 8 rings (SSSR count). The molecule has 0 unspecified atom stereocenters. The SMILES string of the molecule is COc1cc(-c2ccc(-[n+]3nnc(-c4ccccc4)n3-c3ccc([N+](=O)[O-])cc3)c(OC)c2)ccc1-[n+]1nc(-c2ccccc2)nn1-c1ccc([N+](=O)[O-])cc1.[Cl-].[Cl-]. The molecule has 0 aliphatic rings. The number of hydrogen-bond acceptors (Lipinski definition) is 10. The Bertz CT molecular complexity index is 2680. The smallest absolute Gasteiger partial charge is 0.340 e. The zero-order chi connectivity index (χ0) is 38.8. The van der Waals surface area contributed by atoms with Gasteiger partial charge in [-0.2, -0.15) is 0 Å². The average molecular weight is 818 g/mol. The fourth-order valence-electron chi connectivity index (χ4n) is 6.19. The number of nitro groups is 2. The molecule has 290 valence electrons. The van der Waals surface area contributed by atoms with Gasteiger partial charge >= 0.3 is 11.6 Å². The number of hydrogen-bond donors (Lipinski definition) is 0. The van der Waals surface area contributed by atoms with Crippen LogP contribution in [0.3, 0.4) is 0 Å². The van der Waals surface area contributed by atoms with Gasteiger partial charge in [-0.05, 0) is 111 Å². The summed E-state index contributed by atoms with van der Waals surface area (Å²) in [6, 6.07) is 42.4. The maximum Gasteiger partial charge on any atom is 0.340 e. The molecule has 0 spiro atoms. The van der Waals surface area contributed by atoms with Crippen molar-refractivity contribution < 1.29 is 53.7 Å². The van der Waals surface area contributed by atoms with E-state index in [2.05, 4.69) is 10.3 Å². The summed E-state index contributed by atoms with van der Waals surface area (Å²) in [5.74, 6) is 1.90. The minimum Gasteiger partial charge on any atom is -1.00 e. The Hall–Kier alpha value is -7.56. The number of benzene rings is 6. The van der Waals surface area contributed by atoms with Gasteiger partial charge in [-0.25, -0.2) is 0 Å². The Morgan fingerprint density at radius 2 is 1.05 bits per heavy atom. The molecule has 0 aliphatic carbocycles. The van der Waals surface area contributed by atoms with Gasteiger partial charge in [0.2, 0.25) is 11.4 Å². The van der Waals surface area contributed by atoms with Crippen LogP contribution >= 0.6 is 0 Å². The molecule has 18 heteroatoms. The Morgan fingerprint density at radius 1 is 0.569 bits per heavy atom. The third-order valence-electron chi connectivity index (χ3n) is 8.96. The zero-order valence-corrected chi connectivity index (χ0v) is 32.0. The number of nitrogens with zero attached hydrogens (tertiary/aromatic N) is 10. The second-order valence-electron chi connectivity index (χ2n) is 12.3. The molecule has 0 aliphatic heterocycles. The van der Waals surface area contributed by atoms with E-state index in [1.165, 1.54) is 24.3 Å². The highest BCUT2D eigenvalue weighted by atomic mass is 35.5. The highest BCUT2D eigenvalue weighted by Gasteiger charge is 2.29. The Labute approximate surface area is 342 Å². The topological polar surface area (TPSA) is 174 Å². The molecule has 0 bridgehead atoms. The van der Waals surface area contributed by atoms with Crippen molar-refractivity contribution >= 4 is 11.4 Å². The van der Waals surface area contributed by atoms with Gasteiger partial charge in [-0.3, -0.25) is 20.2 Å². The van der Waals surface area contributed by atoms with Crippen LogP contribution in [0, 0.1) is 20.2 Å². The molecule has 2 aromatic heterocycles. The summed E-state index contributed by atoms with van der Waals surface area (Å²) in [4.78, 5) is 26.6. The monoisotopic (exact) mass is 816 g/mol. The number of non-ortho nitro benzene ring substituents is 2. The predicted octanol–water partition coefficient (Wildman–Crippen LogP) is 0.244. The molecule has 0 amide bonds. The van der Waals surface area contributed by atoms with Crippen molar-refractivity contribution in [3.05, 3.63) is 166 Å². The summed E-state index contributed by atoms with van der Waals surface area (Å²) in [6.45, 7) is 0. The minimum atomic E-state index is -0.456. The van der Waals surface area contributed by atoms with Crippen molar-refractivity contribution in [1.82, 2.24) is 30.0 Å². The average Bonchev–Trinajstić information content (AvgIpc) is 3.90. The largest absolute Gasteiger partial charge is 1.00 e. The van der Waals surface area contributed by atoms with E-state index in [0.717, 1.165) is 22.3 Å². The summed E-state index contributed by atoms with van der Waals surface area (Å²) in [7, 11) is 3.12. The van der Waals surface area contributed by atoms with Crippen LogP contribution in [0.1, 0.15) is 0 Å². The van der Waals surface area contributed by atoms with Crippen LogP contribution in [-0.2, 0) is 0 Å². The van der Waals surface area contributed by atoms with Gasteiger partial charge in [-0.1, -0.05) is 36.4 Å². The van der Waals surface area contributed by atoms with Gasteiger partial charge in [0.1, 0.15) is 5.69 Å². The maximum absolute atomic E-state index is 11.4. The molecule has 58 heavy (non-hydrogen) atoms. The van der Waals surface area contributed by atoms with E-state index in [0.29, 0.717) is 45.9 Å². The lowest BCUT2D eigenvalue weighted by Crippen LogP contribution is -3.00. The molecular formula is C40H30Cl2N10O6. The van der Waals surface area contributed by atoms with Crippen LogP contribution in [0.2, 0.25) is 0 Å². The molecule has 0 saturated carbocycles. The van der Waals surface area contributed by atoms with Crippen molar-refractivity contribution in [2.45, 2.75) is 0 Å². The van der Waals surface area contributed by atoms with E-state index in [1.807, 2.05) is 97.1 Å². The molecule has 2 heterocycles. The molecule has 0 saturated heterocycles. The van der Waals surface area contributed by atoms with Gasteiger partial charge in [0.25, 0.3) is 11.4 Å². The third kappa shape index (κ3) is 7.64. The van der Waals surface area contributed by atoms with Crippen LogP contribution in [0.5, 0.6) is 11.5 Å². The number of halogens is 2. The van der Waals surface area contributed by atoms with Crippen LogP contribution in [0.25, 0.3) is 56.7 Å². The second kappa shape index (κ2) is 17.1.